The molecule has 3 unspecified atom stereocenters. The largest absolute Gasteiger partial charge is 0.147 e. The molecule has 0 saturated heterocycles. The van der Waals surface area contributed by atoms with Crippen LogP contribution in [0.15, 0.2) is 0 Å². The highest BCUT2D eigenvalue weighted by Crippen LogP contribution is 2.32. The third-order valence-electron chi connectivity index (χ3n) is 0.769. The fourth-order valence-corrected chi connectivity index (χ4v) is 2.32. The van der Waals surface area contributed by atoms with Gasteiger partial charge in [0.05, 0.1) is 5.12 Å². The van der Waals surface area contributed by atoms with Crippen LogP contribution in [0.3, 0.4) is 0 Å². The fraction of sp³-hybridized carbons (Fsp3) is 1.00. The van der Waals surface area contributed by atoms with Crippen LogP contribution in [0.25, 0.3) is 0 Å². The maximum Gasteiger partial charge on any atom is 0.0516 e. The van der Waals surface area contributed by atoms with Crippen molar-refractivity contribution in [3.05, 3.63) is 0 Å². The molecule has 0 N–H and O–H groups in total. The fourth-order valence-electron chi connectivity index (χ4n) is 0.367. The quantitative estimate of drug-likeness (QED) is 0.492. The summed E-state index contributed by atoms with van der Waals surface area (Å²) in [5.74, 6) is 0. The molecule has 0 rings (SSSR count). The van der Waals surface area contributed by atoms with E-state index in [2.05, 4.69) is 6.92 Å². The monoisotopic (exact) mass is 208 g/mol. The van der Waals surface area contributed by atoms with Gasteiger partial charge in [-0.1, -0.05) is 15.5 Å². The van der Waals surface area contributed by atoms with Gasteiger partial charge in [-0.25, -0.2) is 0 Å². The van der Waals surface area contributed by atoms with Gasteiger partial charge in [0.1, 0.15) is 0 Å². The van der Waals surface area contributed by atoms with Gasteiger partial charge in [0.25, 0.3) is 0 Å². The summed E-state index contributed by atoms with van der Waals surface area (Å²) in [6.07, 6.45) is 1.02. The molecule has 58 valence electrons. The number of halogens is 3. The minimum Gasteiger partial charge on any atom is -0.147 e. The van der Waals surface area contributed by atoms with Gasteiger partial charge in [0.2, 0.25) is 0 Å². The van der Waals surface area contributed by atoms with E-state index in [1.807, 2.05) is 6.92 Å². The molecule has 0 aliphatic heterocycles. The maximum absolute atomic E-state index is 5.79. The molecule has 0 aromatic carbocycles. The first-order valence-corrected chi connectivity index (χ1v) is 4.73. The lowest BCUT2D eigenvalue weighted by molar-refractivity contribution is 1.04. The summed E-state index contributed by atoms with van der Waals surface area (Å²) < 4.78 is 0. The van der Waals surface area contributed by atoms with Crippen molar-refractivity contribution in [1.82, 2.24) is 0 Å². The average molecular weight is 209 g/mol. The molecule has 3 atom stereocenters. The van der Waals surface area contributed by atoms with Crippen molar-refractivity contribution in [1.29, 1.82) is 0 Å². The first-order chi connectivity index (χ1) is 3.66. The molecule has 0 aliphatic carbocycles. The van der Waals surface area contributed by atoms with Gasteiger partial charge < -0.3 is 0 Å². The predicted octanol–water partition coefficient (Wildman–Crippen LogP) is 3.65. The Balaban J connectivity index is 0. The zero-order valence-electron chi connectivity index (χ0n) is 5.53. The molecule has 0 fully saturated rings. The molecule has 4 heteroatoms. The second-order valence-corrected chi connectivity index (χ2v) is 5.47. The predicted molar refractivity (Wildman–Crippen MR) is 50.8 cm³/mol. The van der Waals surface area contributed by atoms with Crippen molar-refractivity contribution >= 4 is 44.2 Å². The van der Waals surface area contributed by atoms with Gasteiger partial charge in [0.15, 0.2) is 0 Å². The lowest BCUT2D eigenvalue weighted by Crippen LogP contribution is -1.89. The molecular weight excluding hydrogens is 197 g/mol. The summed E-state index contributed by atoms with van der Waals surface area (Å²) in [7, 11) is 0.693. The summed E-state index contributed by atoms with van der Waals surface area (Å²) in [6, 6.07) is 0. The molecule has 0 aromatic heterocycles. The van der Waals surface area contributed by atoms with E-state index < -0.39 is 0 Å². The van der Waals surface area contributed by atoms with Crippen molar-refractivity contribution in [2.45, 2.75) is 30.5 Å². The highest BCUT2D eigenvalue weighted by molar-refractivity contribution is 7.44. The van der Waals surface area contributed by atoms with Crippen molar-refractivity contribution in [3.8, 4) is 0 Å². The van der Waals surface area contributed by atoms with Crippen molar-refractivity contribution < 1.29 is 0 Å². The van der Waals surface area contributed by atoms with E-state index in [0.717, 1.165) is 6.42 Å². The molecule has 0 aliphatic rings. The first kappa shape index (κ1) is 12.9. The van der Waals surface area contributed by atoms with E-state index in [-0.39, 0.29) is 17.5 Å². The maximum atomic E-state index is 5.79. The summed E-state index contributed by atoms with van der Waals surface area (Å²) in [5, 5.41) is 0.542. The Labute approximate surface area is 74.9 Å². The highest BCUT2D eigenvalue weighted by Gasteiger charge is 2.03. The third-order valence-corrected chi connectivity index (χ3v) is 3.06. The van der Waals surface area contributed by atoms with E-state index in [9.17, 15) is 0 Å². The zero-order chi connectivity index (χ0) is 6.57. The van der Waals surface area contributed by atoms with E-state index >= 15 is 0 Å². The van der Waals surface area contributed by atoms with Crippen LogP contribution in [0, 0.1) is 0 Å². The van der Waals surface area contributed by atoms with Gasteiger partial charge in [0, 0.05) is 5.12 Å². The van der Waals surface area contributed by atoms with Crippen molar-refractivity contribution in [2.75, 3.05) is 0 Å². The Morgan fingerprint density at radius 1 is 1.44 bits per heavy atom. The third kappa shape index (κ3) is 9.30. The topological polar surface area (TPSA) is 0 Å². The van der Waals surface area contributed by atoms with Gasteiger partial charge in [-0.2, -0.15) is 0 Å². The molecule has 0 amide bonds. The van der Waals surface area contributed by atoms with Gasteiger partial charge >= 0.3 is 0 Å². The molecule has 0 bridgehead atoms. The zero-order valence-corrected chi connectivity index (χ0v) is 8.85. The minimum atomic E-state index is 0. The Bertz CT molecular complexity index is 58.2. The Morgan fingerprint density at radius 2 is 1.89 bits per heavy atom. The van der Waals surface area contributed by atoms with E-state index in [4.69, 9.17) is 23.2 Å². The second kappa shape index (κ2) is 7.41. The van der Waals surface area contributed by atoms with Crippen LogP contribution in [0.4, 0.5) is 0 Å². The van der Waals surface area contributed by atoms with Crippen LogP contribution in [-0.4, -0.2) is 10.2 Å². The Morgan fingerprint density at radius 3 is 2.00 bits per heavy atom. The molecule has 0 heterocycles. The van der Waals surface area contributed by atoms with Crippen molar-refractivity contribution in [2.24, 2.45) is 0 Å². The standard InChI is InChI=1S/C5H11Cl2P.ClH/c1-3-5(7)8-4(2)6;/h4-5,8H,3H2,1-2H3;1H. The molecule has 0 nitrogen and oxygen atoms in total. The van der Waals surface area contributed by atoms with Crippen LogP contribution >= 0.6 is 44.2 Å². The molecule has 0 radical (unpaired) electrons. The summed E-state index contributed by atoms with van der Waals surface area (Å²) >= 11 is 11.5. The number of hydrogen-bond acceptors (Lipinski definition) is 0. The smallest absolute Gasteiger partial charge is 0.0516 e. The molecule has 0 spiro atoms. The van der Waals surface area contributed by atoms with Gasteiger partial charge in [-0.05, 0) is 13.3 Å². The molecule has 0 saturated carbocycles. The van der Waals surface area contributed by atoms with E-state index in [1.165, 1.54) is 0 Å². The molecular formula is C5H12Cl3P. The number of rotatable bonds is 3. The summed E-state index contributed by atoms with van der Waals surface area (Å²) in [4.78, 5) is 0. The molecule has 0 aromatic rings. The SMILES string of the molecule is CCC(Cl)PC(C)Cl.Cl. The van der Waals surface area contributed by atoms with Crippen LogP contribution < -0.4 is 0 Å². The van der Waals surface area contributed by atoms with Crippen LogP contribution in [0.1, 0.15) is 20.3 Å². The minimum absolute atomic E-state index is 0. The van der Waals surface area contributed by atoms with Crippen LogP contribution in [0.2, 0.25) is 0 Å². The van der Waals surface area contributed by atoms with Gasteiger partial charge in [-0.3, -0.25) is 0 Å². The van der Waals surface area contributed by atoms with Gasteiger partial charge in [-0.15, -0.1) is 35.6 Å². The lowest BCUT2D eigenvalue weighted by Gasteiger charge is -2.06. The second-order valence-electron chi connectivity index (χ2n) is 1.66. The highest BCUT2D eigenvalue weighted by atomic mass is 35.5. The van der Waals surface area contributed by atoms with Crippen molar-refractivity contribution in [3.63, 3.8) is 0 Å². The van der Waals surface area contributed by atoms with E-state index in [1.54, 1.807) is 0 Å². The normalized spacial score (nSPS) is 17.3. The number of alkyl halides is 2. The molecule has 9 heavy (non-hydrogen) atoms. The summed E-state index contributed by atoms with van der Waals surface area (Å²) in [6.45, 7) is 4.05. The van der Waals surface area contributed by atoms with E-state index in [0.29, 0.717) is 13.7 Å². The van der Waals surface area contributed by atoms with Crippen LogP contribution in [0.5, 0.6) is 0 Å². The Kier molecular flexibility index (Phi) is 10.6. The summed E-state index contributed by atoms with van der Waals surface area (Å²) in [5.41, 5.74) is 0. The number of hydrogen-bond donors (Lipinski definition) is 0. The first-order valence-electron chi connectivity index (χ1n) is 2.71. The average Bonchev–Trinajstić information content (AvgIpc) is 1.65. The van der Waals surface area contributed by atoms with Crippen LogP contribution in [-0.2, 0) is 0 Å². The lowest BCUT2D eigenvalue weighted by atomic mass is 10.6. The Hall–Kier alpha value is 1.30.